The van der Waals surface area contributed by atoms with E-state index in [0.717, 1.165) is 69.5 Å². The Balaban J connectivity index is 0.989. The molecular formula is C37H39BrClN7O2. The molecule has 0 spiro atoms. The molecule has 5 aromatic rings. The molecule has 9 nitrogen and oxygen atoms in total. The van der Waals surface area contributed by atoms with E-state index >= 15 is 0 Å². The van der Waals surface area contributed by atoms with Crippen molar-refractivity contribution in [3.8, 4) is 11.3 Å². The Morgan fingerprint density at radius 2 is 1.73 bits per heavy atom. The van der Waals surface area contributed by atoms with Crippen LogP contribution in [0.5, 0.6) is 0 Å². The fourth-order valence-electron chi connectivity index (χ4n) is 7.10. The van der Waals surface area contributed by atoms with Gasteiger partial charge in [0.05, 0.1) is 22.3 Å². The first kappa shape index (κ1) is 32.6. The molecule has 2 aliphatic rings. The van der Waals surface area contributed by atoms with Crippen molar-refractivity contribution in [2.45, 2.75) is 51.1 Å². The van der Waals surface area contributed by atoms with Crippen LogP contribution >= 0.6 is 27.5 Å². The zero-order chi connectivity index (χ0) is 33.4. The predicted molar refractivity (Wildman–Crippen MR) is 193 cm³/mol. The lowest BCUT2D eigenvalue weighted by Crippen LogP contribution is -2.54. The monoisotopic (exact) mass is 727 g/mol. The highest BCUT2D eigenvalue weighted by Gasteiger charge is 2.37. The number of fused-ring (bicyclic) bond motifs is 1. The van der Waals surface area contributed by atoms with Crippen molar-refractivity contribution < 1.29 is 9.59 Å². The maximum absolute atomic E-state index is 13.5. The molecule has 2 amide bonds. The fourth-order valence-corrected chi connectivity index (χ4v) is 7.59. The van der Waals surface area contributed by atoms with Gasteiger partial charge in [-0.1, -0.05) is 75.2 Å². The number of aromatic amines is 1. The molecule has 48 heavy (non-hydrogen) atoms. The minimum atomic E-state index is -0.412. The fraction of sp³-hybridized carbons (Fsp3) is 0.351. The number of hydrogen-bond donors (Lipinski definition) is 1. The van der Waals surface area contributed by atoms with Gasteiger partial charge in [-0.25, -0.2) is 4.68 Å². The third-order valence-electron chi connectivity index (χ3n) is 9.97. The standard InChI is InChI=1S/C37H39BrClN7O2/c1-37(2,32-24-46(42-41-32)31-12-7-19-45(36(31)48)27-15-13-26(38)14-16-27)44-22-20-43(21-23-44)33(47)18-17-29-28-10-6-11-30(39)35(28)40-34(29)25-8-4-3-5-9-25/h3-6,8-11,13-16,24,31,40H,7,12,17-23H2,1-2H3. The van der Waals surface area contributed by atoms with Gasteiger partial charge in [-0.05, 0) is 74.6 Å². The van der Waals surface area contributed by atoms with Gasteiger partial charge in [0, 0.05) is 60.4 Å². The molecule has 0 bridgehead atoms. The highest BCUT2D eigenvalue weighted by molar-refractivity contribution is 9.10. The molecule has 2 saturated heterocycles. The van der Waals surface area contributed by atoms with Crippen LogP contribution in [0.3, 0.4) is 0 Å². The van der Waals surface area contributed by atoms with Gasteiger partial charge in [0.1, 0.15) is 11.7 Å². The van der Waals surface area contributed by atoms with Gasteiger partial charge < -0.3 is 14.8 Å². The van der Waals surface area contributed by atoms with Crippen molar-refractivity contribution in [3.05, 3.63) is 99.7 Å². The summed E-state index contributed by atoms with van der Waals surface area (Å²) < 4.78 is 2.72. The summed E-state index contributed by atoms with van der Waals surface area (Å²) in [4.78, 5) is 36.8. The third kappa shape index (κ3) is 6.29. The number of para-hydroxylation sites is 1. The van der Waals surface area contributed by atoms with Gasteiger partial charge in [0.25, 0.3) is 5.91 Å². The van der Waals surface area contributed by atoms with Crippen molar-refractivity contribution in [3.63, 3.8) is 0 Å². The number of rotatable bonds is 8. The summed E-state index contributed by atoms with van der Waals surface area (Å²) in [5.74, 6) is 0.191. The lowest BCUT2D eigenvalue weighted by atomic mass is 9.97. The maximum atomic E-state index is 13.5. The van der Waals surface area contributed by atoms with E-state index < -0.39 is 5.54 Å². The second-order valence-corrected chi connectivity index (χ2v) is 14.5. The minimum Gasteiger partial charge on any atom is -0.353 e. The minimum absolute atomic E-state index is 0.0385. The van der Waals surface area contributed by atoms with Crippen LogP contribution in [0.4, 0.5) is 5.69 Å². The molecule has 0 saturated carbocycles. The van der Waals surface area contributed by atoms with Crippen molar-refractivity contribution in [1.82, 2.24) is 29.8 Å². The van der Waals surface area contributed by atoms with Crippen molar-refractivity contribution >= 4 is 55.9 Å². The summed E-state index contributed by atoms with van der Waals surface area (Å²) >= 11 is 10.0. The van der Waals surface area contributed by atoms with E-state index in [9.17, 15) is 9.59 Å². The molecule has 248 valence electrons. The number of nitrogens with one attached hydrogen (secondary N) is 1. The molecule has 4 heterocycles. The van der Waals surface area contributed by atoms with E-state index in [4.69, 9.17) is 11.6 Å². The average Bonchev–Trinajstić information content (AvgIpc) is 3.75. The first-order chi connectivity index (χ1) is 23.2. The number of nitrogens with zero attached hydrogens (tertiary/aromatic N) is 6. The number of carbonyl (C=O) groups excluding carboxylic acids is 2. The number of piperazine rings is 1. The summed E-state index contributed by atoms with van der Waals surface area (Å²) in [6.45, 7) is 7.71. The Bertz CT molecular complexity index is 1930. The van der Waals surface area contributed by atoms with Crippen LogP contribution in [0.15, 0.2) is 83.5 Å². The van der Waals surface area contributed by atoms with Crippen LogP contribution in [0.1, 0.15) is 50.4 Å². The summed E-state index contributed by atoms with van der Waals surface area (Å²) in [5, 5.41) is 10.7. The molecule has 1 N–H and O–H groups in total. The molecule has 11 heteroatoms. The molecule has 7 rings (SSSR count). The average molecular weight is 729 g/mol. The summed E-state index contributed by atoms with van der Waals surface area (Å²) in [6.07, 6.45) is 4.60. The Kier molecular flexibility index (Phi) is 9.15. The van der Waals surface area contributed by atoms with Gasteiger partial charge in [-0.15, -0.1) is 5.10 Å². The molecule has 2 aliphatic heterocycles. The number of hydrogen-bond acceptors (Lipinski definition) is 5. The van der Waals surface area contributed by atoms with Gasteiger partial charge in [0.15, 0.2) is 0 Å². The van der Waals surface area contributed by atoms with E-state index in [0.29, 0.717) is 37.5 Å². The number of aromatic nitrogens is 4. The first-order valence-corrected chi connectivity index (χ1v) is 17.7. The smallest absolute Gasteiger partial charge is 0.251 e. The second-order valence-electron chi connectivity index (χ2n) is 13.1. The summed E-state index contributed by atoms with van der Waals surface area (Å²) in [6, 6.07) is 23.6. The third-order valence-corrected chi connectivity index (χ3v) is 10.8. The highest BCUT2D eigenvalue weighted by atomic mass is 79.9. The van der Waals surface area contributed by atoms with Crippen molar-refractivity contribution in [2.24, 2.45) is 0 Å². The Morgan fingerprint density at radius 1 is 0.979 bits per heavy atom. The number of amides is 2. The molecule has 2 aromatic heterocycles. The number of halogens is 2. The van der Waals surface area contributed by atoms with Crippen LogP contribution in [-0.2, 0) is 21.5 Å². The lowest BCUT2D eigenvalue weighted by molar-refractivity contribution is -0.133. The quantitative estimate of drug-likeness (QED) is 0.182. The molecule has 3 aromatic carbocycles. The maximum Gasteiger partial charge on any atom is 0.251 e. The zero-order valence-corrected chi connectivity index (χ0v) is 29.5. The van der Waals surface area contributed by atoms with Gasteiger partial charge in [-0.3, -0.25) is 14.5 Å². The topological polar surface area (TPSA) is 90.4 Å². The van der Waals surface area contributed by atoms with Crippen molar-refractivity contribution in [2.75, 3.05) is 37.6 Å². The van der Waals surface area contributed by atoms with Gasteiger partial charge in [-0.2, -0.15) is 0 Å². The number of H-pyrrole nitrogens is 1. The van der Waals surface area contributed by atoms with Crippen molar-refractivity contribution in [1.29, 1.82) is 0 Å². The number of piperidine rings is 1. The van der Waals surface area contributed by atoms with Crippen LogP contribution < -0.4 is 4.90 Å². The molecule has 1 atom stereocenters. The summed E-state index contributed by atoms with van der Waals surface area (Å²) in [5.41, 5.74) is 5.42. The van der Waals surface area contributed by atoms with E-state index in [1.807, 2.05) is 70.6 Å². The first-order valence-electron chi connectivity index (χ1n) is 16.6. The SMILES string of the molecule is CC(C)(c1cn(C2CCCN(c3ccc(Br)cc3)C2=O)nn1)N1CCN(C(=O)CCc2c(-c3ccccc3)[nH]c3c(Cl)cccc23)CC1. The van der Waals surface area contributed by atoms with E-state index in [-0.39, 0.29) is 17.9 Å². The normalized spacial score (nSPS) is 17.8. The summed E-state index contributed by atoms with van der Waals surface area (Å²) in [7, 11) is 0. The van der Waals surface area contributed by atoms with E-state index in [1.165, 1.54) is 0 Å². The Hall–Kier alpha value is -3.99. The largest absolute Gasteiger partial charge is 0.353 e. The number of anilines is 1. The highest BCUT2D eigenvalue weighted by Crippen LogP contribution is 2.35. The van der Waals surface area contributed by atoms with Crippen LogP contribution in [0.2, 0.25) is 5.02 Å². The van der Waals surface area contributed by atoms with E-state index in [1.54, 1.807) is 4.68 Å². The molecule has 2 fully saturated rings. The van der Waals surface area contributed by atoms with E-state index in [2.05, 4.69) is 68.2 Å². The number of aryl methyl sites for hydroxylation is 1. The second kappa shape index (κ2) is 13.5. The zero-order valence-electron chi connectivity index (χ0n) is 27.2. The predicted octanol–water partition coefficient (Wildman–Crippen LogP) is 7.22. The van der Waals surface area contributed by atoms with Crippen LogP contribution in [0, 0.1) is 0 Å². The molecule has 1 unspecified atom stereocenters. The molecule has 0 radical (unpaired) electrons. The number of carbonyl (C=O) groups is 2. The van der Waals surface area contributed by atoms with Crippen LogP contribution in [0.25, 0.3) is 22.2 Å². The molecule has 0 aliphatic carbocycles. The van der Waals surface area contributed by atoms with Gasteiger partial charge in [0.2, 0.25) is 5.91 Å². The lowest BCUT2D eigenvalue weighted by Gasteiger charge is -2.43. The number of benzene rings is 3. The Morgan fingerprint density at radius 3 is 2.48 bits per heavy atom. The van der Waals surface area contributed by atoms with Gasteiger partial charge >= 0.3 is 0 Å². The molecular weight excluding hydrogens is 690 g/mol. The van der Waals surface area contributed by atoms with Crippen LogP contribution in [-0.4, -0.2) is 74.3 Å². The Labute approximate surface area is 294 Å².